The molecule has 0 bridgehead atoms. The highest BCUT2D eigenvalue weighted by Gasteiger charge is 2.22. The normalized spacial score (nSPS) is 17.2. The number of nitrogens with one attached hydrogen (secondary N) is 1. The molecule has 3 rings (SSSR count). The third-order valence-electron chi connectivity index (χ3n) is 5.53. The van der Waals surface area contributed by atoms with Crippen LogP contribution in [0.5, 0.6) is 0 Å². The molecule has 0 radical (unpaired) electrons. The Morgan fingerprint density at radius 2 is 2.07 bits per heavy atom. The number of aryl methyl sites for hydroxylation is 1. The van der Waals surface area contributed by atoms with Crippen LogP contribution in [0.4, 0.5) is 0 Å². The molecule has 0 aliphatic carbocycles. The van der Waals surface area contributed by atoms with Crippen molar-refractivity contribution >= 4 is 45.9 Å². The second-order valence-corrected chi connectivity index (χ2v) is 8.65. The summed E-state index contributed by atoms with van der Waals surface area (Å²) in [6.07, 6.45) is 4.48. The molecule has 1 fully saturated rings. The van der Waals surface area contributed by atoms with Gasteiger partial charge in [0.05, 0.1) is 6.54 Å². The highest BCUT2D eigenvalue weighted by Crippen LogP contribution is 2.17. The van der Waals surface area contributed by atoms with Crippen molar-refractivity contribution in [2.24, 2.45) is 18.0 Å². The Hall–Kier alpha value is -1.06. The summed E-state index contributed by atoms with van der Waals surface area (Å²) in [5, 5.41) is 3.58. The minimum Gasteiger partial charge on any atom is -0.356 e. The molecule has 1 atom stereocenters. The van der Waals surface area contributed by atoms with Crippen LogP contribution in [0.25, 0.3) is 0 Å². The smallest absolute Gasteiger partial charge is 0.193 e. The summed E-state index contributed by atoms with van der Waals surface area (Å²) in [5.74, 6) is 1.64. The first-order valence-corrected chi connectivity index (χ1v) is 10.8. The van der Waals surface area contributed by atoms with Crippen LogP contribution in [0, 0.1) is 5.92 Å². The molecule has 1 aliphatic heterocycles. The number of aliphatic imine (C=N–C) groups is 1. The van der Waals surface area contributed by atoms with Crippen LogP contribution in [0.1, 0.15) is 17.7 Å². The minimum absolute atomic E-state index is 0. The third-order valence-corrected chi connectivity index (χ3v) is 5.96. The molecule has 1 aromatic heterocycles. The van der Waals surface area contributed by atoms with E-state index >= 15 is 0 Å². The van der Waals surface area contributed by atoms with Gasteiger partial charge in [-0.3, -0.25) is 4.99 Å². The van der Waals surface area contributed by atoms with E-state index in [4.69, 9.17) is 0 Å². The first kappa shape index (κ1) is 24.2. The van der Waals surface area contributed by atoms with Gasteiger partial charge >= 0.3 is 0 Å². The van der Waals surface area contributed by atoms with Gasteiger partial charge in [-0.05, 0) is 52.9 Å². The van der Waals surface area contributed by atoms with Gasteiger partial charge in [0.25, 0.3) is 0 Å². The third kappa shape index (κ3) is 7.29. The van der Waals surface area contributed by atoms with Gasteiger partial charge in [-0.1, -0.05) is 30.3 Å². The first-order chi connectivity index (χ1) is 13.5. The van der Waals surface area contributed by atoms with E-state index in [-0.39, 0.29) is 24.0 Å². The number of benzene rings is 1. The average Bonchev–Trinajstić information content (AvgIpc) is 3.27. The van der Waals surface area contributed by atoms with Crippen molar-refractivity contribution in [1.82, 2.24) is 19.7 Å². The highest BCUT2D eigenvalue weighted by molar-refractivity contribution is 14.0. The van der Waals surface area contributed by atoms with Crippen molar-refractivity contribution in [3.8, 4) is 0 Å². The molecule has 1 unspecified atom stereocenters. The first-order valence-electron chi connectivity index (χ1n) is 10.0. The van der Waals surface area contributed by atoms with Gasteiger partial charge in [-0.2, -0.15) is 0 Å². The molecule has 1 aromatic carbocycles. The molecule has 2 aromatic rings. The van der Waals surface area contributed by atoms with Crippen molar-refractivity contribution in [3.05, 3.63) is 58.3 Å². The molecule has 1 aliphatic rings. The van der Waals surface area contributed by atoms with E-state index in [1.165, 1.54) is 30.8 Å². The number of nitrogens with zero attached hydrogens (tertiary/aromatic N) is 4. The van der Waals surface area contributed by atoms with Crippen molar-refractivity contribution in [2.45, 2.75) is 19.4 Å². The van der Waals surface area contributed by atoms with E-state index in [1.807, 2.05) is 7.05 Å². The van der Waals surface area contributed by atoms with E-state index in [0.29, 0.717) is 5.92 Å². The number of aromatic nitrogens is 1. The molecular weight excluding hydrogens is 541 g/mol. The number of halogens is 2. The molecule has 0 saturated carbocycles. The lowest BCUT2D eigenvalue weighted by Gasteiger charge is -2.24. The molecule has 0 amide bonds. The largest absolute Gasteiger partial charge is 0.356 e. The molecule has 1 saturated heterocycles. The van der Waals surface area contributed by atoms with Gasteiger partial charge in [0.1, 0.15) is 0 Å². The molecule has 160 valence electrons. The molecule has 7 heteroatoms. The Kier molecular flexibility index (Phi) is 9.98. The maximum absolute atomic E-state index is 4.47. The maximum atomic E-state index is 4.47. The van der Waals surface area contributed by atoms with Crippen LogP contribution < -0.4 is 5.32 Å². The molecule has 29 heavy (non-hydrogen) atoms. The number of guanidine groups is 1. The van der Waals surface area contributed by atoms with Crippen molar-refractivity contribution < 1.29 is 0 Å². The summed E-state index contributed by atoms with van der Waals surface area (Å²) in [5.41, 5.74) is 2.68. The van der Waals surface area contributed by atoms with E-state index in [1.54, 1.807) is 0 Å². The predicted molar refractivity (Wildman–Crippen MR) is 136 cm³/mol. The summed E-state index contributed by atoms with van der Waals surface area (Å²) in [7, 11) is 6.03. The molecule has 2 heterocycles. The fourth-order valence-electron chi connectivity index (χ4n) is 3.88. The fourth-order valence-corrected chi connectivity index (χ4v) is 4.45. The van der Waals surface area contributed by atoms with Gasteiger partial charge in [0.2, 0.25) is 0 Å². The van der Waals surface area contributed by atoms with Crippen LogP contribution >= 0.6 is 39.9 Å². The Morgan fingerprint density at radius 1 is 1.31 bits per heavy atom. The quantitative estimate of drug-likeness (QED) is 0.309. The van der Waals surface area contributed by atoms with Crippen LogP contribution in [-0.4, -0.2) is 60.6 Å². The van der Waals surface area contributed by atoms with Crippen LogP contribution in [0.15, 0.2) is 52.1 Å². The zero-order valence-electron chi connectivity index (χ0n) is 17.6. The second kappa shape index (κ2) is 12.0. The lowest BCUT2D eigenvalue weighted by atomic mass is 10.1. The molecule has 0 spiro atoms. The summed E-state index contributed by atoms with van der Waals surface area (Å²) in [6, 6.07) is 12.9. The lowest BCUT2D eigenvalue weighted by Crippen LogP contribution is -2.41. The van der Waals surface area contributed by atoms with Crippen molar-refractivity contribution in [1.29, 1.82) is 0 Å². The minimum atomic E-state index is 0. The SMILES string of the molecule is CN=C(NCC1CCN(CCc2ccccc2)C1)N(C)Cc1cc(Br)cn1C.I. The number of likely N-dealkylation sites (tertiary alicyclic amines) is 1. The van der Waals surface area contributed by atoms with E-state index in [2.05, 4.69) is 97.3 Å². The monoisotopic (exact) mass is 573 g/mol. The van der Waals surface area contributed by atoms with Crippen LogP contribution in [-0.2, 0) is 20.0 Å². The summed E-state index contributed by atoms with van der Waals surface area (Å²) in [4.78, 5) is 9.25. The van der Waals surface area contributed by atoms with Crippen LogP contribution in [0.2, 0.25) is 0 Å². The van der Waals surface area contributed by atoms with E-state index in [0.717, 1.165) is 36.5 Å². The predicted octanol–water partition coefficient (Wildman–Crippen LogP) is 3.98. The Labute approximate surface area is 200 Å². The number of hydrogen-bond donors (Lipinski definition) is 1. The van der Waals surface area contributed by atoms with Crippen molar-refractivity contribution in [3.63, 3.8) is 0 Å². The lowest BCUT2D eigenvalue weighted by molar-refractivity contribution is 0.327. The summed E-state index contributed by atoms with van der Waals surface area (Å²) in [6.45, 7) is 5.33. The van der Waals surface area contributed by atoms with Gasteiger partial charge < -0.3 is 19.7 Å². The van der Waals surface area contributed by atoms with Gasteiger partial charge in [-0.15, -0.1) is 24.0 Å². The topological polar surface area (TPSA) is 35.8 Å². The molecule has 5 nitrogen and oxygen atoms in total. The summed E-state index contributed by atoms with van der Waals surface area (Å²) >= 11 is 3.55. The molecular formula is C22H33BrIN5. The highest BCUT2D eigenvalue weighted by atomic mass is 127. The maximum Gasteiger partial charge on any atom is 0.193 e. The Morgan fingerprint density at radius 3 is 2.72 bits per heavy atom. The fraction of sp³-hybridized carbons (Fsp3) is 0.500. The Bertz CT molecular complexity index is 777. The zero-order chi connectivity index (χ0) is 19.9. The molecule has 1 N–H and O–H groups in total. The standard InChI is InChI=1S/C22H32BrN5.HI/c1-24-22(27(3)17-21-13-20(23)16-26(21)2)25-14-19-10-12-28(15-19)11-9-18-7-5-4-6-8-18;/h4-8,13,16,19H,9-12,14-15,17H2,1-3H3,(H,24,25);1H. The van der Waals surface area contributed by atoms with E-state index < -0.39 is 0 Å². The second-order valence-electron chi connectivity index (χ2n) is 7.74. The van der Waals surface area contributed by atoms with Gasteiger partial charge in [0.15, 0.2) is 5.96 Å². The zero-order valence-corrected chi connectivity index (χ0v) is 21.6. The van der Waals surface area contributed by atoms with Crippen LogP contribution in [0.3, 0.4) is 0 Å². The summed E-state index contributed by atoms with van der Waals surface area (Å²) < 4.78 is 3.26. The number of hydrogen-bond acceptors (Lipinski definition) is 2. The van der Waals surface area contributed by atoms with Gasteiger partial charge in [-0.25, -0.2) is 0 Å². The van der Waals surface area contributed by atoms with E-state index in [9.17, 15) is 0 Å². The van der Waals surface area contributed by atoms with Gasteiger partial charge in [0, 0.05) is 57.1 Å². The van der Waals surface area contributed by atoms with Crippen molar-refractivity contribution in [2.75, 3.05) is 40.3 Å². The Balaban J connectivity index is 0.00000300. The average molecular weight is 574 g/mol. The number of rotatable bonds is 7.